The zero-order chi connectivity index (χ0) is 46.1. The molecule has 7 heterocycles. The average Bonchev–Trinajstić information content (AvgIpc) is 3.37. The number of aromatic nitrogens is 12. The lowest BCUT2D eigenvalue weighted by atomic mass is 10.3. The lowest BCUT2D eigenvalue weighted by Crippen LogP contribution is -2.15. The van der Waals surface area contributed by atoms with Crippen LogP contribution < -0.4 is 30.1 Å². The molecule has 24 heteroatoms. The first-order valence-corrected chi connectivity index (χ1v) is 19.8. The van der Waals surface area contributed by atoms with E-state index < -0.39 is 0 Å². The summed E-state index contributed by atoms with van der Waals surface area (Å²) in [6.07, 6.45) is 20.2. The Morgan fingerprint density at radius 3 is 0.773 bits per heavy atom. The van der Waals surface area contributed by atoms with Gasteiger partial charge in [0.15, 0.2) is 34.9 Å². The molecule has 0 atom stereocenters. The minimum Gasteiger partial charge on any atom is -0.255 e. The number of hydrazone groups is 6. The van der Waals surface area contributed by atoms with E-state index in [9.17, 15) is 0 Å². The second-order valence-electron chi connectivity index (χ2n) is 13.6. The number of rotatable bonds is 18. The molecule has 0 spiro atoms. The normalized spacial score (nSPS) is 11.7. The van der Waals surface area contributed by atoms with Crippen molar-refractivity contribution in [2.75, 3.05) is 72.3 Å². The zero-order valence-electron chi connectivity index (χ0n) is 36.6. The van der Waals surface area contributed by atoms with E-state index >= 15 is 0 Å². The van der Waals surface area contributed by atoms with Gasteiger partial charge in [0.05, 0.1) is 71.5 Å². The molecule has 66 heavy (non-hydrogen) atoms. The highest BCUT2D eigenvalue weighted by Crippen LogP contribution is 2.19. The average molecular weight is 883 g/mol. The van der Waals surface area contributed by atoms with Crippen LogP contribution in [-0.2, 0) is 0 Å². The van der Waals surface area contributed by atoms with Crippen molar-refractivity contribution in [2.24, 2.45) is 30.6 Å². The van der Waals surface area contributed by atoms with Crippen LogP contribution in [0, 0.1) is 0 Å². The van der Waals surface area contributed by atoms with Crippen LogP contribution in [0.3, 0.4) is 0 Å². The van der Waals surface area contributed by atoms with Crippen molar-refractivity contribution in [2.45, 2.75) is 0 Å². The SMILES string of the molecule is CN(/N=C/c1ccccn1)c1cc(N(C)/N=C/c2cc(/C=N/N(C)c3cc(N(C)/N=C/c4cc(/C=N/N(C)c5cc(N(C)/N=C/c6ccccn6)ncn5)ncn4)ncn3)ncn2)ncn1. The van der Waals surface area contributed by atoms with Gasteiger partial charge in [0.25, 0.3) is 0 Å². The maximum absolute atomic E-state index is 4.52. The molecule has 0 saturated heterocycles. The third kappa shape index (κ3) is 12.8. The van der Waals surface area contributed by atoms with Crippen molar-refractivity contribution >= 4 is 72.2 Å². The number of anilines is 6. The Morgan fingerprint density at radius 2 is 0.530 bits per heavy atom. The van der Waals surface area contributed by atoms with E-state index in [0.717, 1.165) is 11.4 Å². The van der Waals surface area contributed by atoms with Gasteiger partial charge in [0.1, 0.15) is 31.6 Å². The Labute approximate surface area is 379 Å². The van der Waals surface area contributed by atoms with Crippen LogP contribution in [0.4, 0.5) is 34.9 Å². The van der Waals surface area contributed by atoms with E-state index in [1.165, 1.54) is 31.6 Å². The molecular weight excluding hydrogens is 841 g/mol. The summed E-state index contributed by atoms with van der Waals surface area (Å²) in [6.45, 7) is 0. The van der Waals surface area contributed by atoms with Crippen molar-refractivity contribution in [1.82, 2.24) is 59.8 Å². The van der Waals surface area contributed by atoms with E-state index in [4.69, 9.17) is 0 Å². The standard InChI is InChI=1S/C42H42N24/c1-61(55-20-31-11-7-9-13-43-31)37-17-39(51-28-49-37)63(3)57-22-33-15-35(47-26-45-33)24-59-65(5)41-19-42(54-30-53-41)66(6)60-25-36-16-34(46-27-48-36)23-58-64(4)40-18-38(50-29-52-40)62(2)56-21-32-12-8-10-14-44-32/h7-30H,1-6H3/b55-20+,56-21+,57-22+,58-23+,59-24+,60-25+. The molecule has 0 aromatic carbocycles. The predicted octanol–water partition coefficient (Wildman–Crippen LogP) is 3.25. The van der Waals surface area contributed by atoms with Crippen LogP contribution in [0.5, 0.6) is 0 Å². The predicted molar refractivity (Wildman–Crippen MR) is 255 cm³/mol. The smallest absolute Gasteiger partial charge is 0.154 e. The highest BCUT2D eigenvalue weighted by atomic mass is 15.5. The van der Waals surface area contributed by atoms with E-state index in [0.29, 0.717) is 57.7 Å². The first-order valence-electron chi connectivity index (χ1n) is 19.8. The molecule has 330 valence electrons. The van der Waals surface area contributed by atoms with Gasteiger partial charge in [-0.15, -0.1) is 0 Å². The Balaban J connectivity index is 0.923. The summed E-state index contributed by atoms with van der Waals surface area (Å²) in [7, 11) is 10.6. The van der Waals surface area contributed by atoms with Crippen molar-refractivity contribution in [1.29, 1.82) is 0 Å². The number of nitrogens with zero attached hydrogens (tertiary/aromatic N) is 24. The van der Waals surface area contributed by atoms with Crippen LogP contribution in [0.1, 0.15) is 34.2 Å². The molecule has 0 unspecified atom stereocenters. The fourth-order valence-electron chi connectivity index (χ4n) is 5.27. The maximum Gasteiger partial charge on any atom is 0.154 e. The summed E-state index contributed by atoms with van der Waals surface area (Å²) < 4.78 is 0. The molecule has 24 nitrogen and oxygen atoms in total. The van der Waals surface area contributed by atoms with E-state index in [2.05, 4.69) is 90.4 Å². The van der Waals surface area contributed by atoms with E-state index in [-0.39, 0.29) is 0 Å². The summed E-state index contributed by atoms with van der Waals surface area (Å²) in [6, 6.07) is 19.9. The summed E-state index contributed by atoms with van der Waals surface area (Å²) in [5, 5.41) is 36.5. The highest BCUT2D eigenvalue weighted by molar-refractivity contribution is 5.85. The Bertz CT molecular complexity index is 2660. The second kappa shape index (κ2) is 22.0. The van der Waals surface area contributed by atoms with Crippen LogP contribution in [0.2, 0.25) is 0 Å². The third-order valence-electron chi connectivity index (χ3n) is 8.88. The first-order chi connectivity index (χ1) is 32.2. The van der Waals surface area contributed by atoms with Crippen LogP contribution in [0.15, 0.2) is 141 Å². The second-order valence-corrected chi connectivity index (χ2v) is 13.6. The molecule has 0 fully saturated rings. The monoisotopic (exact) mass is 882 g/mol. The van der Waals surface area contributed by atoms with Gasteiger partial charge < -0.3 is 0 Å². The largest absolute Gasteiger partial charge is 0.255 e. The van der Waals surface area contributed by atoms with Gasteiger partial charge >= 0.3 is 0 Å². The lowest BCUT2D eigenvalue weighted by Gasteiger charge is -2.15. The molecule has 7 aromatic heterocycles. The molecule has 0 saturated carbocycles. The van der Waals surface area contributed by atoms with Gasteiger partial charge in [-0.2, -0.15) is 30.6 Å². The molecule has 7 rings (SSSR count). The minimum absolute atomic E-state index is 0.511. The van der Waals surface area contributed by atoms with Crippen molar-refractivity contribution < 1.29 is 0 Å². The number of hydrogen-bond donors (Lipinski definition) is 0. The Hall–Kier alpha value is -9.48. The van der Waals surface area contributed by atoms with Crippen molar-refractivity contribution in [3.05, 3.63) is 145 Å². The quantitative estimate of drug-likeness (QED) is 0.0886. The first kappa shape index (κ1) is 44.6. The molecule has 0 aliphatic rings. The molecule has 7 aromatic rings. The number of pyridine rings is 2. The van der Waals surface area contributed by atoms with Gasteiger partial charge in [-0.3, -0.25) is 40.0 Å². The fourth-order valence-corrected chi connectivity index (χ4v) is 5.27. The topological polar surface area (TPSA) is 248 Å². The molecule has 0 N–H and O–H groups in total. The van der Waals surface area contributed by atoms with Gasteiger partial charge in [-0.1, -0.05) is 12.1 Å². The highest BCUT2D eigenvalue weighted by Gasteiger charge is 2.10. The Kier molecular flexibility index (Phi) is 14.9. The summed E-state index contributed by atoms with van der Waals surface area (Å²) >= 11 is 0. The van der Waals surface area contributed by atoms with Crippen LogP contribution >= 0.6 is 0 Å². The van der Waals surface area contributed by atoms with Crippen molar-refractivity contribution in [3.63, 3.8) is 0 Å². The van der Waals surface area contributed by atoms with Gasteiger partial charge in [-0.05, 0) is 36.4 Å². The van der Waals surface area contributed by atoms with Gasteiger partial charge in [0, 0.05) is 72.9 Å². The molecule has 0 aliphatic carbocycles. The summed E-state index contributed by atoms with van der Waals surface area (Å²) in [5.41, 5.74) is 3.64. The van der Waals surface area contributed by atoms with Gasteiger partial charge in [-0.25, -0.2) is 49.8 Å². The molecule has 0 radical (unpaired) electrons. The maximum atomic E-state index is 4.52. The molecule has 0 bridgehead atoms. The number of hydrogen-bond acceptors (Lipinski definition) is 24. The zero-order valence-corrected chi connectivity index (χ0v) is 36.6. The van der Waals surface area contributed by atoms with E-state index in [1.807, 2.05) is 36.4 Å². The van der Waals surface area contributed by atoms with Crippen LogP contribution in [-0.4, -0.2) is 139 Å². The summed E-state index contributed by atoms with van der Waals surface area (Å²) in [5.74, 6) is 3.26. The lowest BCUT2D eigenvalue weighted by molar-refractivity contribution is 0.929. The molecule has 0 aliphatic heterocycles. The molecular formula is C42H42N24. The third-order valence-corrected chi connectivity index (χ3v) is 8.88. The fraction of sp³-hybridized carbons (Fsp3) is 0.143. The van der Waals surface area contributed by atoms with Crippen molar-refractivity contribution in [3.8, 4) is 0 Å². The molecule has 0 amide bonds. The van der Waals surface area contributed by atoms with E-state index in [1.54, 1.807) is 152 Å². The van der Waals surface area contributed by atoms with Crippen LogP contribution in [0.25, 0.3) is 0 Å². The summed E-state index contributed by atoms with van der Waals surface area (Å²) in [4.78, 5) is 51.8. The van der Waals surface area contributed by atoms with Gasteiger partial charge in [0.2, 0.25) is 0 Å². The minimum atomic E-state index is 0.511. The Morgan fingerprint density at radius 1 is 0.288 bits per heavy atom.